The lowest BCUT2D eigenvalue weighted by Gasteiger charge is -2.35. The Morgan fingerprint density at radius 3 is 2.65 bits per heavy atom. The Balaban J connectivity index is 1.14. The van der Waals surface area contributed by atoms with E-state index in [1.54, 1.807) is 0 Å². The minimum absolute atomic E-state index is 0.144. The Kier molecular flexibility index (Phi) is 4.93. The minimum Gasteiger partial charge on any atom is -0.487 e. The summed E-state index contributed by atoms with van der Waals surface area (Å²) in [6.07, 6.45) is 9.57. The van der Waals surface area contributed by atoms with E-state index in [1.807, 2.05) is 0 Å². The van der Waals surface area contributed by atoms with Gasteiger partial charge in [0.25, 0.3) is 0 Å². The number of fused-ring (bicyclic) bond motifs is 2. The molecule has 31 heavy (non-hydrogen) atoms. The molecule has 4 aliphatic rings. The summed E-state index contributed by atoms with van der Waals surface area (Å²) in [5.41, 5.74) is 4.22. The second kappa shape index (κ2) is 7.80. The summed E-state index contributed by atoms with van der Waals surface area (Å²) in [5.74, 6) is 3.18. The third-order valence-electron chi connectivity index (χ3n) is 8.29. The van der Waals surface area contributed by atoms with Gasteiger partial charge in [-0.15, -0.1) is 5.10 Å². The Labute approximate surface area is 184 Å². The molecule has 6 nitrogen and oxygen atoms in total. The van der Waals surface area contributed by atoms with Gasteiger partial charge >= 0.3 is 6.01 Å². The van der Waals surface area contributed by atoms with Gasteiger partial charge in [-0.1, -0.05) is 17.6 Å². The molecule has 3 fully saturated rings. The van der Waals surface area contributed by atoms with Crippen molar-refractivity contribution < 1.29 is 14.3 Å². The molecule has 166 valence electrons. The van der Waals surface area contributed by atoms with Crippen molar-refractivity contribution in [3.05, 3.63) is 34.7 Å². The first-order chi connectivity index (χ1) is 15.2. The number of hydrogen-bond acceptors (Lipinski definition) is 6. The number of aliphatic hydroxyl groups is 1. The molecule has 1 aromatic heterocycles. The summed E-state index contributed by atoms with van der Waals surface area (Å²) in [5, 5.41) is 19.5. The highest BCUT2D eigenvalue weighted by Crippen LogP contribution is 2.42. The fourth-order valence-corrected chi connectivity index (χ4v) is 6.13. The topological polar surface area (TPSA) is 71.6 Å². The average molecular weight is 424 g/mol. The maximum atomic E-state index is 10.9. The van der Waals surface area contributed by atoms with Crippen LogP contribution >= 0.6 is 0 Å². The summed E-state index contributed by atoms with van der Waals surface area (Å²) in [6.45, 7) is 3.98. The number of aliphatic hydroxyl groups excluding tert-OH is 1. The van der Waals surface area contributed by atoms with Gasteiger partial charge in [0.15, 0.2) is 0 Å². The van der Waals surface area contributed by atoms with E-state index in [0.717, 1.165) is 44.0 Å². The molecule has 0 radical (unpaired) electrons. The van der Waals surface area contributed by atoms with Gasteiger partial charge in [0.2, 0.25) is 5.89 Å². The molecule has 0 unspecified atom stereocenters. The van der Waals surface area contributed by atoms with Crippen LogP contribution in [0.4, 0.5) is 6.01 Å². The van der Waals surface area contributed by atoms with Crippen molar-refractivity contribution in [2.45, 2.75) is 82.8 Å². The zero-order valence-corrected chi connectivity index (χ0v) is 18.4. The SMILES string of the molecule is Cc1c(O[C@@H]2C[C@@H]3CN(c4nnc(C5CCC5)o4)C[C@@H]3C[C@H]2O)ccc2c1CCCC2. The van der Waals surface area contributed by atoms with Gasteiger partial charge < -0.3 is 19.2 Å². The molecule has 2 saturated carbocycles. The van der Waals surface area contributed by atoms with Crippen LogP contribution in [0.15, 0.2) is 16.5 Å². The number of benzene rings is 1. The summed E-state index contributed by atoms with van der Waals surface area (Å²) in [7, 11) is 0. The maximum Gasteiger partial charge on any atom is 0.318 e. The number of ether oxygens (including phenoxy) is 1. The summed E-state index contributed by atoms with van der Waals surface area (Å²) < 4.78 is 12.5. The molecule has 2 heterocycles. The largest absolute Gasteiger partial charge is 0.487 e. The van der Waals surface area contributed by atoms with Gasteiger partial charge in [-0.05, 0) is 92.9 Å². The van der Waals surface area contributed by atoms with Gasteiger partial charge in [-0.25, -0.2) is 0 Å². The summed E-state index contributed by atoms with van der Waals surface area (Å²) in [4.78, 5) is 2.23. The normalized spacial score (nSPS) is 30.6. The van der Waals surface area contributed by atoms with Crippen molar-refractivity contribution in [2.75, 3.05) is 18.0 Å². The molecule has 0 spiro atoms. The first-order valence-corrected chi connectivity index (χ1v) is 12.2. The minimum atomic E-state index is -0.426. The second-order valence-electron chi connectivity index (χ2n) is 10.2. The molecule has 0 amide bonds. The van der Waals surface area contributed by atoms with E-state index < -0.39 is 6.10 Å². The summed E-state index contributed by atoms with van der Waals surface area (Å²) >= 11 is 0. The van der Waals surface area contributed by atoms with Crippen molar-refractivity contribution in [3.63, 3.8) is 0 Å². The quantitative estimate of drug-likeness (QED) is 0.795. The predicted molar refractivity (Wildman–Crippen MR) is 118 cm³/mol. The van der Waals surface area contributed by atoms with Crippen molar-refractivity contribution in [1.29, 1.82) is 0 Å². The van der Waals surface area contributed by atoms with E-state index >= 15 is 0 Å². The van der Waals surface area contributed by atoms with Crippen LogP contribution in [0, 0.1) is 18.8 Å². The van der Waals surface area contributed by atoms with Crippen molar-refractivity contribution in [3.8, 4) is 5.75 Å². The fourth-order valence-electron chi connectivity index (χ4n) is 6.13. The maximum absolute atomic E-state index is 10.9. The van der Waals surface area contributed by atoms with Gasteiger partial charge in [-0.2, -0.15) is 0 Å². The Hall–Kier alpha value is -2.08. The average Bonchev–Trinajstić information content (AvgIpc) is 3.36. The molecule has 2 aromatic rings. The van der Waals surface area contributed by atoms with Gasteiger partial charge in [0, 0.05) is 19.0 Å². The number of nitrogens with zero attached hydrogens (tertiary/aromatic N) is 3. The lowest BCUT2D eigenvalue weighted by atomic mass is 9.78. The summed E-state index contributed by atoms with van der Waals surface area (Å²) in [6, 6.07) is 5.02. The molecule has 3 aliphatic carbocycles. The standard InChI is InChI=1S/C25H33N3O3/c1-15-20-8-3-2-5-16(20)9-10-22(15)30-23-12-19-14-28(13-18(19)11-21(23)29)25-27-26-24(31-25)17-6-4-7-17/h9-10,17-19,21,23,29H,2-8,11-14H2,1H3/t18-,19+,21+,23+/m0/s1. The Morgan fingerprint density at radius 1 is 1.03 bits per heavy atom. The lowest BCUT2D eigenvalue weighted by Crippen LogP contribution is -2.42. The Morgan fingerprint density at radius 2 is 1.84 bits per heavy atom. The van der Waals surface area contributed by atoms with Crippen LogP contribution in [-0.4, -0.2) is 40.6 Å². The monoisotopic (exact) mass is 423 g/mol. The molecular formula is C25H33N3O3. The molecule has 6 heteroatoms. The van der Waals surface area contributed by atoms with E-state index in [9.17, 15) is 5.11 Å². The zero-order chi connectivity index (χ0) is 20.9. The molecule has 6 rings (SSSR count). The van der Waals surface area contributed by atoms with Gasteiger partial charge in [0.05, 0.1) is 6.10 Å². The van der Waals surface area contributed by atoms with Gasteiger partial charge in [0.1, 0.15) is 11.9 Å². The Bertz CT molecular complexity index is 953. The molecule has 1 aliphatic heterocycles. The first kappa shape index (κ1) is 19.6. The van der Waals surface area contributed by atoms with Crippen molar-refractivity contribution in [1.82, 2.24) is 10.2 Å². The third-order valence-corrected chi connectivity index (χ3v) is 8.29. The molecule has 1 N–H and O–H groups in total. The highest BCUT2D eigenvalue weighted by atomic mass is 16.5. The van der Waals surface area contributed by atoms with Crippen LogP contribution in [0.25, 0.3) is 0 Å². The highest BCUT2D eigenvalue weighted by molar-refractivity contribution is 5.45. The number of aromatic nitrogens is 2. The molecule has 1 saturated heterocycles. The number of hydrogen-bond donors (Lipinski definition) is 1. The molecule has 1 aromatic carbocycles. The van der Waals surface area contributed by atoms with Crippen LogP contribution in [0.1, 0.15) is 73.4 Å². The van der Waals surface area contributed by atoms with E-state index in [4.69, 9.17) is 9.15 Å². The highest BCUT2D eigenvalue weighted by Gasteiger charge is 2.44. The fraction of sp³-hybridized carbons (Fsp3) is 0.680. The van der Waals surface area contributed by atoms with E-state index in [0.29, 0.717) is 23.8 Å². The van der Waals surface area contributed by atoms with Crippen LogP contribution in [0.3, 0.4) is 0 Å². The smallest absolute Gasteiger partial charge is 0.318 e. The van der Waals surface area contributed by atoms with Crippen LogP contribution in [0.2, 0.25) is 0 Å². The number of rotatable bonds is 4. The van der Waals surface area contributed by atoms with Gasteiger partial charge in [-0.3, -0.25) is 0 Å². The lowest BCUT2D eigenvalue weighted by molar-refractivity contribution is -0.0234. The molecule has 0 bridgehead atoms. The van der Waals surface area contributed by atoms with Crippen molar-refractivity contribution in [2.24, 2.45) is 11.8 Å². The molecular weight excluding hydrogens is 390 g/mol. The predicted octanol–water partition coefficient (Wildman–Crippen LogP) is 4.18. The first-order valence-electron chi connectivity index (χ1n) is 12.2. The van der Waals surface area contributed by atoms with Crippen LogP contribution in [-0.2, 0) is 12.8 Å². The molecule has 4 atom stereocenters. The van der Waals surface area contributed by atoms with E-state index in [2.05, 4.69) is 34.2 Å². The zero-order valence-electron chi connectivity index (χ0n) is 18.4. The van der Waals surface area contributed by atoms with Crippen LogP contribution < -0.4 is 9.64 Å². The van der Waals surface area contributed by atoms with E-state index in [1.165, 1.54) is 55.2 Å². The number of anilines is 1. The van der Waals surface area contributed by atoms with Crippen molar-refractivity contribution >= 4 is 6.01 Å². The third kappa shape index (κ3) is 3.53. The van der Waals surface area contributed by atoms with E-state index in [-0.39, 0.29) is 6.10 Å². The van der Waals surface area contributed by atoms with Crippen LogP contribution in [0.5, 0.6) is 5.75 Å². The number of aryl methyl sites for hydroxylation is 1. The second-order valence-corrected chi connectivity index (χ2v) is 10.2.